The molecular weight excluding hydrogens is 267 g/mol. The van der Waals surface area contributed by atoms with E-state index in [4.69, 9.17) is 15.4 Å². The summed E-state index contributed by atoms with van der Waals surface area (Å²) in [6, 6.07) is 2.13. The Bertz CT molecular complexity index is 642. The van der Waals surface area contributed by atoms with E-state index in [1.807, 2.05) is 0 Å². The van der Waals surface area contributed by atoms with E-state index < -0.39 is 17.3 Å². The van der Waals surface area contributed by atoms with Gasteiger partial charge in [-0.3, -0.25) is 0 Å². The Morgan fingerprint density at radius 2 is 2.30 bits per heavy atom. The molecule has 1 aromatic carbocycles. The zero-order chi connectivity index (χ0) is 14.7. The molecule has 0 aliphatic carbocycles. The molecule has 7 nitrogen and oxygen atoms in total. The van der Waals surface area contributed by atoms with Crippen LogP contribution in [0, 0.1) is 12.7 Å². The monoisotopic (exact) mass is 280 g/mol. The van der Waals surface area contributed by atoms with Crippen molar-refractivity contribution in [1.82, 2.24) is 10.1 Å². The first-order chi connectivity index (χ1) is 9.47. The number of halogens is 1. The van der Waals surface area contributed by atoms with Crippen molar-refractivity contribution < 1.29 is 18.8 Å². The van der Waals surface area contributed by atoms with E-state index in [0.717, 1.165) is 12.1 Å². The second-order valence-corrected chi connectivity index (χ2v) is 4.14. The molecule has 2 rings (SSSR count). The normalized spacial score (nSPS) is 10.5. The van der Waals surface area contributed by atoms with Gasteiger partial charge in [0.25, 0.3) is 0 Å². The molecule has 1 heterocycles. The average Bonchev–Trinajstić information content (AvgIpc) is 2.78. The summed E-state index contributed by atoms with van der Waals surface area (Å²) in [7, 11) is 0. The molecular formula is C12H13FN4O3. The first-order valence-electron chi connectivity index (χ1n) is 5.82. The quantitative estimate of drug-likeness (QED) is 0.710. The first kappa shape index (κ1) is 13.8. The number of aryl methyl sites for hydroxylation is 1. The van der Waals surface area contributed by atoms with Crippen LogP contribution in [0.4, 0.5) is 15.8 Å². The number of benzene rings is 1. The molecule has 106 valence electrons. The fourth-order valence-electron chi connectivity index (χ4n) is 1.65. The van der Waals surface area contributed by atoms with Crippen LogP contribution in [-0.2, 0) is 6.42 Å². The minimum atomic E-state index is -1.36. The van der Waals surface area contributed by atoms with E-state index in [2.05, 4.69) is 15.5 Å². The van der Waals surface area contributed by atoms with Crippen molar-refractivity contribution in [2.24, 2.45) is 0 Å². The van der Waals surface area contributed by atoms with Gasteiger partial charge in [-0.25, -0.2) is 9.18 Å². The maximum absolute atomic E-state index is 13.5. The molecule has 0 bridgehead atoms. The van der Waals surface area contributed by atoms with Crippen molar-refractivity contribution in [2.75, 3.05) is 17.6 Å². The van der Waals surface area contributed by atoms with Gasteiger partial charge in [0.15, 0.2) is 5.82 Å². The molecule has 0 saturated heterocycles. The molecule has 20 heavy (non-hydrogen) atoms. The number of nitrogens with zero attached hydrogens (tertiary/aromatic N) is 2. The molecule has 0 aliphatic heterocycles. The number of anilines is 2. The highest BCUT2D eigenvalue weighted by molar-refractivity contribution is 5.90. The van der Waals surface area contributed by atoms with Gasteiger partial charge in [0.2, 0.25) is 5.89 Å². The van der Waals surface area contributed by atoms with Crippen molar-refractivity contribution in [2.45, 2.75) is 13.3 Å². The zero-order valence-electron chi connectivity index (χ0n) is 10.7. The number of aromatic nitrogens is 2. The number of aromatic carboxylic acids is 1. The second kappa shape index (κ2) is 5.55. The summed E-state index contributed by atoms with van der Waals surface area (Å²) in [4.78, 5) is 14.8. The van der Waals surface area contributed by atoms with E-state index >= 15 is 0 Å². The maximum atomic E-state index is 13.5. The molecule has 0 saturated carbocycles. The number of nitrogens with two attached hydrogens (primary N) is 1. The highest BCUT2D eigenvalue weighted by atomic mass is 19.1. The molecule has 8 heteroatoms. The minimum Gasteiger partial charge on any atom is -0.478 e. The molecule has 0 unspecified atom stereocenters. The lowest BCUT2D eigenvalue weighted by molar-refractivity contribution is 0.0692. The number of carboxylic acid groups (broad SMARTS) is 1. The number of carboxylic acids is 1. The van der Waals surface area contributed by atoms with Crippen LogP contribution >= 0.6 is 0 Å². The van der Waals surface area contributed by atoms with Crippen molar-refractivity contribution in [1.29, 1.82) is 0 Å². The number of rotatable bonds is 5. The van der Waals surface area contributed by atoms with Crippen molar-refractivity contribution >= 4 is 17.3 Å². The minimum absolute atomic E-state index is 0.158. The molecule has 2 aromatic rings. The fourth-order valence-corrected chi connectivity index (χ4v) is 1.65. The van der Waals surface area contributed by atoms with Gasteiger partial charge in [-0.15, -0.1) is 0 Å². The third-order valence-corrected chi connectivity index (χ3v) is 2.59. The van der Waals surface area contributed by atoms with Gasteiger partial charge in [0, 0.05) is 13.0 Å². The molecule has 4 N–H and O–H groups in total. The Labute approximate surface area is 113 Å². The van der Waals surface area contributed by atoms with Gasteiger partial charge < -0.3 is 20.7 Å². The van der Waals surface area contributed by atoms with Gasteiger partial charge in [-0.2, -0.15) is 4.98 Å². The van der Waals surface area contributed by atoms with Crippen LogP contribution in [0.2, 0.25) is 0 Å². The number of nitrogen functional groups attached to an aromatic ring is 1. The standard InChI is InChI=1S/C12H13FN4O3/c1-6-16-11(20-17-6)2-3-15-10-5-8(13)7(12(18)19)4-9(10)14/h4-5,15H,2-3,14H2,1H3,(H,18,19). The van der Waals surface area contributed by atoms with E-state index in [-0.39, 0.29) is 5.69 Å². The molecule has 0 amide bonds. The van der Waals surface area contributed by atoms with Crippen molar-refractivity contribution in [3.05, 3.63) is 35.2 Å². The molecule has 0 fully saturated rings. The molecule has 0 atom stereocenters. The lowest BCUT2D eigenvalue weighted by Gasteiger charge is -2.09. The summed E-state index contributed by atoms with van der Waals surface area (Å²) in [5.41, 5.74) is 5.69. The van der Waals surface area contributed by atoms with Crippen molar-refractivity contribution in [3.8, 4) is 0 Å². The summed E-state index contributed by atoms with van der Waals surface area (Å²) in [5, 5.41) is 15.3. The third-order valence-electron chi connectivity index (χ3n) is 2.59. The van der Waals surface area contributed by atoms with Crippen LogP contribution in [-0.4, -0.2) is 27.8 Å². The fraction of sp³-hybridized carbons (Fsp3) is 0.250. The van der Waals surface area contributed by atoms with E-state index in [9.17, 15) is 9.18 Å². The Balaban J connectivity index is 2.03. The third kappa shape index (κ3) is 3.02. The van der Waals surface area contributed by atoms with E-state index in [1.54, 1.807) is 6.92 Å². The smallest absolute Gasteiger partial charge is 0.338 e. The number of hydrogen-bond acceptors (Lipinski definition) is 6. The van der Waals surface area contributed by atoms with Crippen LogP contribution in [0.15, 0.2) is 16.7 Å². The summed E-state index contributed by atoms with van der Waals surface area (Å²) >= 11 is 0. The topological polar surface area (TPSA) is 114 Å². The predicted molar refractivity (Wildman–Crippen MR) is 69.0 cm³/mol. The van der Waals surface area contributed by atoms with E-state index in [0.29, 0.717) is 30.4 Å². The van der Waals surface area contributed by atoms with Gasteiger partial charge in [0.1, 0.15) is 5.82 Å². The predicted octanol–water partition coefficient (Wildman–Crippen LogP) is 1.45. The number of carbonyl (C=O) groups is 1. The highest BCUT2D eigenvalue weighted by Crippen LogP contribution is 2.23. The van der Waals surface area contributed by atoms with Crippen LogP contribution in [0.25, 0.3) is 0 Å². The zero-order valence-corrected chi connectivity index (χ0v) is 10.7. The average molecular weight is 280 g/mol. The molecule has 0 aliphatic rings. The van der Waals surface area contributed by atoms with Crippen LogP contribution < -0.4 is 11.1 Å². The van der Waals surface area contributed by atoms with Gasteiger partial charge in [-0.1, -0.05) is 5.16 Å². The van der Waals surface area contributed by atoms with Gasteiger partial charge >= 0.3 is 5.97 Å². The van der Waals surface area contributed by atoms with Crippen molar-refractivity contribution in [3.63, 3.8) is 0 Å². The lowest BCUT2D eigenvalue weighted by Crippen LogP contribution is -2.09. The largest absolute Gasteiger partial charge is 0.478 e. The second-order valence-electron chi connectivity index (χ2n) is 4.14. The molecule has 0 spiro atoms. The summed E-state index contributed by atoms with van der Waals surface area (Å²) in [5.74, 6) is -1.21. The number of nitrogens with one attached hydrogen (secondary N) is 1. The summed E-state index contributed by atoms with van der Waals surface area (Å²) in [6.45, 7) is 2.11. The Morgan fingerprint density at radius 3 is 2.90 bits per heavy atom. The van der Waals surface area contributed by atoms with Crippen LogP contribution in [0.5, 0.6) is 0 Å². The molecule has 0 radical (unpaired) electrons. The Kier molecular flexibility index (Phi) is 3.83. The Hall–Kier alpha value is -2.64. The van der Waals surface area contributed by atoms with E-state index in [1.165, 1.54) is 0 Å². The van der Waals surface area contributed by atoms with Crippen LogP contribution in [0.3, 0.4) is 0 Å². The van der Waals surface area contributed by atoms with Gasteiger partial charge in [0.05, 0.1) is 16.9 Å². The Morgan fingerprint density at radius 1 is 1.55 bits per heavy atom. The van der Waals surface area contributed by atoms with Crippen LogP contribution in [0.1, 0.15) is 22.1 Å². The lowest BCUT2D eigenvalue weighted by atomic mass is 10.1. The number of hydrogen-bond donors (Lipinski definition) is 3. The summed E-state index contributed by atoms with van der Waals surface area (Å²) in [6.07, 6.45) is 0.447. The SMILES string of the molecule is Cc1noc(CCNc2cc(F)c(C(=O)O)cc2N)n1. The molecule has 1 aromatic heterocycles. The first-order valence-corrected chi connectivity index (χ1v) is 5.82. The highest BCUT2D eigenvalue weighted by Gasteiger charge is 2.13. The summed E-state index contributed by atoms with van der Waals surface area (Å²) < 4.78 is 18.4. The van der Waals surface area contributed by atoms with Gasteiger partial charge in [-0.05, 0) is 19.1 Å². The maximum Gasteiger partial charge on any atom is 0.338 e.